The zero-order chi connectivity index (χ0) is 38.1. The molecule has 2 aromatic heterocycles. The van der Waals surface area contributed by atoms with E-state index in [0.717, 1.165) is 78.3 Å². The fourth-order valence-electron chi connectivity index (χ4n) is 7.96. The maximum Gasteiger partial charge on any atom is 0.238 e. The third-order valence-electron chi connectivity index (χ3n) is 10.6. The van der Waals surface area contributed by atoms with Crippen molar-refractivity contribution in [2.24, 2.45) is 0 Å². The van der Waals surface area contributed by atoms with Crippen molar-refractivity contribution in [1.82, 2.24) is 19.5 Å². The molecule has 0 N–H and O–H groups in total. The Kier molecular flexibility index (Phi) is 8.55. The summed E-state index contributed by atoms with van der Waals surface area (Å²) in [5.74, 6) is 4.51. The molecule has 0 aliphatic carbocycles. The second-order valence-electron chi connectivity index (χ2n) is 14.0. The van der Waals surface area contributed by atoms with E-state index in [1.165, 1.54) is 5.56 Å². The van der Waals surface area contributed by atoms with Gasteiger partial charge < -0.3 is 4.90 Å². The Morgan fingerprint density at radius 3 is 1.58 bits per heavy atom. The topological polar surface area (TPSA) is 46.8 Å². The lowest BCUT2D eigenvalue weighted by Crippen LogP contribution is -2.34. The van der Waals surface area contributed by atoms with Crippen LogP contribution in [0.2, 0.25) is 0 Å². The molecule has 0 fully saturated rings. The fraction of sp³-hybridized carbons (Fsp3) is 0.0192. The highest BCUT2D eigenvalue weighted by Crippen LogP contribution is 2.41. The Bertz CT molecular complexity index is 2970. The van der Waals surface area contributed by atoms with Gasteiger partial charge in [-0.05, 0) is 52.1 Å². The third-order valence-corrected chi connectivity index (χ3v) is 10.6. The molecule has 1 aliphatic heterocycles. The molecule has 9 aromatic rings. The summed E-state index contributed by atoms with van der Waals surface area (Å²) in [5, 5.41) is 2.95. The van der Waals surface area contributed by atoms with Gasteiger partial charge in [0.1, 0.15) is 0 Å². The van der Waals surface area contributed by atoms with Crippen molar-refractivity contribution < 1.29 is 0 Å². The predicted molar refractivity (Wildman–Crippen MR) is 233 cm³/mol. The van der Waals surface area contributed by atoms with Gasteiger partial charge in [-0.25, -0.2) is 4.98 Å². The minimum absolute atomic E-state index is 0.487. The molecule has 10 rings (SSSR count). The number of para-hydroxylation sites is 3. The normalized spacial score (nSPS) is 13.5. The molecule has 268 valence electrons. The number of aromatic nitrogens is 4. The van der Waals surface area contributed by atoms with E-state index in [9.17, 15) is 0 Å². The minimum Gasteiger partial charge on any atom is -0.313 e. The van der Waals surface area contributed by atoms with Crippen LogP contribution in [0.1, 0.15) is 5.56 Å². The lowest BCUT2D eigenvalue weighted by molar-refractivity contribution is 0.910. The van der Waals surface area contributed by atoms with Gasteiger partial charge in [0.15, 0.2) is 11.6 Å². The van der Waals surface area contributed by atoms with E-state index in [4.69, 9.17) is 21.4 Å². The van der Waals surface area contributed by atoms with Crippen LogP contribution in [0.3, 0.4) is 0 Å². The quantitative estimate of drug-likeness (QED) is 0.160. The van der Waals surface area contributed by atoms with Crippen LogP contribution in [0.15, 0.2) is 188 Å². The van der Waals surface area contributed by atoms with E-state index in [1.54, 1.807) is 0 Å². The molecule has 0 unspecified atom stereocenters. The molecule has 57 heavy (non-hydrogen) atoms. The van der Waals surface area contributed by atoms with Crippen molar-refractivity contribution in [3.8, 4) is 63.3 Å². The van der Waals surface area contributed by atoms with E-state index < -0.39 is 0 Å². The van der Waals surface area contributed by atoms with Gasteiger partial charge in [0.2, 0.25) is 5.95 Å². The summed E-state index contributed by atoms with van der Waals surface area (Å²) in [5.41, 5.74) is 11.9. The van der Waals surface area contributed by atoms with E-state index in [2.05, 4.69) is 191 Å². The Morgan fingerprint density at radius 1 is 0.491 bits per heavy atom. The Labute approximate surface area is 331 Å². The number of anilines is 2. The number of nitrogens with zero attached hydrogens (tertiary/aromatic N) is 5. The standard InChI is InChI=1S/C52H35N5/c1-2-16-47-49(48-35-42-21-12-14-25-45(42)56(48)43-22-10-5-11-23-43)44-24-13-15-26-46(44)57(47)52-54-50(40-31-27-38(28-32-40)36-17-6-3-7-18-36)53-51(55-52)41-33-29-39(30-34-41)37-19-8-4-9-20-37/h1,3-34H,35H2/b47-16+,49-48+. The van der Waals surface area contributed by atoms with Crippen LogP contribution in [-0.2, 0) is 6.42 Å². The molecule has 0 atom stereocenters. The average Bonchev–Trinajstić information content (AvgIpc) is 3.83. The first kappa shape index (κ1) is 33.7. The van der Waals surface area contributed by atoms with Crippen molar-refractivity contribution >= 4 is 34.1 Å². The molecule has 7 aromatic carbocycles. The first-order chi connectivity index (χ1) is 28.2. The van der Waals surface area contributed by atoms with Crippen molar-refractivity contribution in [2.75, 3.05) is 4.90 Å². The van der Waals surface area contributed by atoms with E-state index in [0.29, 0.717) is 17.6 Å². The van der Waals surface area contributed by atoms with E-state index in [-0.39, 0.29) is 0 Å². The van der Waals surface area contributed by atoms with Crippen LogP contribution in [0.5, 0.6) is 0 Å². The fourth-order valence-corrected chi connectivity index (χ4v) is 7.96. The molecule has 0 amide bonds. The van der Waals surface area contributed by atoms with Crippen molar-refractivity contribution in [3.63, 3.8) is 0 Å². The molecule has 0 spiro atoms. The molecule has 0 radical (unpaired) electrons. The van der Waals surface area contributed by atoms with E-state index >= 15 is 0 Å². The van der Waals surface area contributed by atoms with Crippen LogP contribution < -0.4 is 15.5 Å². The monoisotopic (exact) mass is 729 g/mol. The molecule has 0 saturated carbocycles. The van der Waals surface area contributed by atoms with Gasteiger partial charge in [-0.2, -0.15) is 9.97 Å². The van der Waals surface area contributed by atoms with Crippen molar-refractivity contribution in [1.29, 1.82) is 0 Å². The molecule has 5 heteroatoms. The summed E-state index contributed by atoms with van der Waals surface area (Å²) < 4.78 is 2.11. The molecule has 0 bridgehead atoms. The molecular formula is C52H35N5. The van der Waals surface area contributed by atoms with Crippen LogP contribution in [0, 0.1) is 12.3 Å². The first-order valence-electron chi connectivity index (χ1n) is 19.0. The maximum atomic E-state index is 6.20. The van der Waals surface area contributed by atoms with Crippen LogP contribution >= 0.6 is 0 Å². The zero-order valence-electron chi connectivity index (χ0n) is 31.0. The van der Waals surface area contributed by atoms with Gasteiger partial charge in [-0.15, -0.1) is 6.42 Å². The SMILES string of the molecule is C#C/C=c1\c(=C2/Cc3ccccc3N2c2ccccc2)c2ccccc2n1-c1nc(-c2ccc(-c3ccccc3)cc2)nc(-c2ccc(-c3ccccc3)cc2)n1. The number of fused-ring (bicyclic) bond motifs is 2. The van der Waals surface area contributed by atoms with Gasteiger partial charge >= 0.3 is 0 Å². The molecule has 1 aliphatic rings. The number of benzene rings is 7. The summed E-state index contributed by atoms with van der Waals surface area (Å²) in [6, 6.07) is 65.1. The second-order valence-corrected chi connectivity index (χ2v) is 14.0. The highest BCUT2D eigenvalue weighted by molar-refractivity contribution is 5.94. The maximum absolute atomic E-state index is 6.20. The Morgan fingerprint density at radius 2 is 0.982 bits per heavy atom. The smallest absolute Gasteiger partial charge is 0.238 e. The molecule has 0 saturated heterocycles. The molecular weight excluding hydrogens is 695 g/mol. The molecule has 5 nitrogen and oxygen atoms in total. The minimum atomic E-state index is 0.487. The van der Waals surface area contributed by atoms with Gasteiger partial charge in [0.05, 0.1) is 10.9 Å². The van der Waals surface area contributed by atoms with Crippen LogP contribution in [-0.4, -0.2) is 19.5 Å². The largest absolute Gasteiger partial charge is 0.313 e. The Balaban J connectivity index is 1.22. The van der Waals surface area contributed by atoms with Gasteiger partial charge in [-0.3, -0.25) is 4.57 Å². The molecule has 3 heterocycles. The number of rotatable bonds is 6. The summed E-state index contributed by atoms with van der Waals surface area (Å²) in [6.07, 6.45) is 8.78. The highest BCUT2D eigenvalue weighted by atomic mass is 15.2. The summed E-state index contributed by atoms with van der Waals surface area (Å²) in [6.45, 7) is 0. The van der Waals surface area contributed by atoms with Gasteiger partial charge in [0, 0.05) is 51.3 Å². The highest BCUT2D eigenvalue weighted by Gasteiger charge is 2.28. The summed E-state index contributed by atoms with van der Waals surface area (Å²) >= 11 is 0. The summed E-state index contributed by atoms with van der Waals surface area (Å²) in [4.78, 5) is 18.0. The van der Waals surface area contributed by atoms with Crippen LogP contribution in [0.25, 0.3) is 73.7 Å². The Hall–Kier alpha value is -7.81. The van der Waals surface area contributed by atoms with Gasteiger partial charge in [-0.1, -0.05) is 170 Å². The van der Waals surface area contributed by atoms with E-state index in [1.807, 2.05) is 18.2 Å². The lowest BCUT2D eigenvalue weighted by Gasteiger charge is -2.22. The average molecular weight is 730 g/mol. The number of terminal acetylenes is 1. The van der Waals surface area contributed by atoms with Gasteiger partial charge in [0.25, 0.3) is 0 Å². The third kappa shape index (κ3) is 6.16. The van der Waals surface area contributed by atoms with Crippen molar-refractivity contribution in [2.45, 2.75) is 6.42 Å². The summed E-state index contributed by atoms with van der Waals surface area (Å²) in [7, 11) is 0. The predicted octanol–water partition coefficient (Wildman–Crippen LogP) is 10.4. The zero-order valence-corrected chi connectivity index (χ0v) is 31.0. The van der Waals surface area contributed by atoms with Crippen LogP contribution in [0.4, 0.5) is 11.4 Å². The van der Waals surface area contributed by atoms with Crippen molar-refractivity contribution in [3.05, 3.63) is 204 Å². The number of hydrogen-bond acceptors (Lipinski definition) is 4. The lowest BCUT2D eigenvalue weighted by atomic mass is 10.0. The number of hydrogen-bond donors (Lipinski definition) is 0. The second kappa shape index (κ2) is 14.4. The first-order valence-corrected chi connectivity index (χ1v) is 19.0.